The van der Waals surface area contributed by atoms with Crippen LogP contribution in [0.25, 0.3) is 0 Å². The smallest absolute Gasteiger partial charge is 0.264 e. The number of anilines is 1. The highest BCUT2D eigenvalue weighted by atomic mass is 32.2. The summed E-state index contributed by atoms with van der Waals surface area (Å²) >= 11 is 0. The van der Waals surface area contributed by atoms with Crippen molar-refractivity contribution in [3.05, 3.63) is 83.4 Å². The molecule has 0 bridgehead atoms. The minimum Gasteiger partial charge on any atom is -0.454 e. The summed E-state index contributed by atoms with van der Waals surface area (Å²) in [6.07, 6.45) is 1.45. The third-order valence-corrected chi connectivity index (χ3v) is 6.81. The Kier molecular flexibility index (Phi) is 6.32. The number of sulfonamides is 1. The van der Waals surface area contributed by atoms with Crippen molar-refractivity contribution in [2.45, 2.75) is 18.7 Å². The Morgan fingerprint density at radius 3 is 2.30 bits per heavy atom. The Hall–Kier alpha value is -3.85. The van der Waals surface area contributed by atoms with Gasteiger partial charge in [0.1, 0.15) is 6.54 Å². The average molecular weight is 466 g/mol. The molecule has 170 valence electrons. The molecule has 4 rings (SSSR count). The molecule has 33 heavy (non-hydrogen) atoms. The topological polar surface area (TPSA) is 97.3 Å². The molecule has 1 amide bonds. The minimum atomic E-state index is -3.97. The fourth-order valence-electron chi connectivity index (χ4n) is 3.20. The highest BCUT2D eigenvalue weighted by Crippen LogP contribution is 2.32. The summed E-state index contributed by atoms with van der Waals surface area (Å²) < 4.78 is 38.4. The van der Waals surface area contributed by atoms with Crippen LogP contribution >= 0.6 is 0 Å². The second kappa shape index (κ2) is 9.33. The minimum absolute atomic E-state index is 0.102. The van der Waals surface area contributed by atoms with E-state index in [1.165, 1.54) is 18.3 Å². The standard InChI is InChI=1S/C24H23N3O5S/c1-17-3-8-20(9-4-17)27(33(29,30)21-10-5-18(2)6-11-21)15-24(28)26-25-14-19-7-12-22-23(13-19)32-16-31-22/h3-14H,15-16H2,1-2H3,(H,26,28)/b25-14-. The molecule has 0 aliphatic carbocycles. The first-order chi connectivity index (χ1) is 15.8. The number of nitrogens with one attached hydrogen (secondary N) is 1. The first kappa shape index (κ1) is 22.3. The van der Waals surface area contributed by atoms with E-state index < -0.39 is 22.5 Å². The van der Waals surface area contributed by atoms with Gasteiger partial charge in [0, 0.05) is 0 Å². The first-order valence-electron chi connectivity index (χ1n) is 10.2. The zero-order valence-electron chi connectivity index (χ0n) is 18.2. The molecule has 1 heterocycles. The van der Waals surface area contributed by atoms with Crippen LogP contribution < -0.4 is 19.2 Å². The predicted octanol–water partition coefficient (Wildman–Crippen LogP) is 3.38. The van der Waals surface area contributed by atoms with Gasteiger partial charge in [0.15, 0.2) is 11.5 Å². The molecule has 0 saturated heterocycles. The van der Waals surface area contributed by atoms with E-state index >= 15 is 0 Å². The van der Waals surface area contributed by atoms with E-state index in [1.807, 2.05) is 13.8 Å². The van der Waals surface area contributed by atoms with Gasteiger partial charge in [-0.05, 0) is 61.9 Å². The van der Waals surface area contributed by atoms with Gasteiger partial charge in [-0.25, -0.2) is 13.8 Å². The molecule has 1 aliphatic rings. The Balaban J connectivity index is 1.52. The van der Waals surface area contributed by atoms with Crippen molar-refractivity contribution in [3.63, 3.8) is 0 Å². The number of hydrogen-bond acceptors (Lipinski definition) is 6. The van der Waals surface area contributed by atoms with Crippen LogP contribution in [0.4, 0.5) is 5.69 Å². The number of fused-ring (bicyclic) bond motifs is 1. The van der Waals surface area contributed by atoms with Crippen molar-refractivity contribution in [3.8, 4) is 11.5 Å². The van der Waals surface area contributed by atoms with Crippen LogP contribution in [0.3, 0.4) is 0 Å². The molecule has 0 aromatic heterocycles. The van der Waals surface area contributed by atoms with Crippen LogP contribution in [0.5, 0.6) is 11.5 Å². The van der Waals surface area contributed by atoms with E-state index in [9.17, 15) is 13.2 Å². The average Bonchev–Trinajstić information content (AvgIpc) is 3.26. The number of hydrazone groups is 1. The predicted molar refractivity (Wildman–Crippen MR) is 125 cm³/mol. The van der Waals surface area contributed by atoms with Gasteiger partial charge in [0.05, 0.1) is 16.8 Å². The largest absolute Gasteiger partial charge is 0.454 e. The van der Waals surface area contributed by atoms with Crippen LogP contribution in [0.15, 0.2) is 76.7 Å². The fourth-order valence-corrected chi connectivity index (χ4v) is 4.62. The molecule has 0 fully saturated rings. The monoisotopic (exact) mass is 465 g/mol. The summed E-state index contributed by atoms with van der Waals surface area (Å²) in [6, 6.07) is 18.7. The summed E-state index contributed by atoms with van der Waals surface area (Å²) in [4.78, 5) is 12.7. The molecule has 0 saturated carbocycles. The summed E-state index contributed by atoms with van der Waals surface area (Å²) in [5, 5.41) is 3.95. The number of rotatable bonds is 7. The van der Waals surface area contributed by atoms with E-state index in [0.29, 0.717) is 22.7 Å². The third-order valence-electron chi connectivity index (χ3n) is 5.02. The summed E-state index contributed by atoms with van der Waals surface area (Å²) in [6.45, 7) is 3.51. The lowest BCUT2D eigenvalue weighted by molar-refractivity contribution is -0.119. The van der Waals surface area contributed by atoms with Crippen LogP contribution in [0.2, 0.25) is 0 Å². The van der Waals surface area contributed by atoms with E-state index in [1.54, 1.807) is 54.6 Å². The molecule has 0 atom stereocenters. The van der Waals surface area contributed by atoms with Crippen molar-refractivity contribution in [2.24, 2.45) is 5.10 Å². The van der Waals surface area contributed by atoms with Gasteiger partial charge in [0.2, 0.25) is 6.79 Å². The Morgan fingerprint density at radius 1 is 0.970 bits per heavy atom. The van der Waals surface area contributed by atoms with Gasteiger partial charge in [0.25, 0.3) is 15.9 Å². The molecule has 0 radical (unpaired) electrons. The van der Waals surface area contributed by atoms with Crippen molar-refractivity contribution < 1.29 is 22.7 Å². The molecular formula is C24H23N3O5S. The van der Waals surface area contributed by atoms with Crippen LogP contribution in [-0.4, -0.2) is 33.9 Å². The normalized spacial score (nSPS) is 12.7. The lowest BCUT2D eigenvalue weighted by Crippen LogP contribution is -2.39. The molecule has 9 heteroatoms. The number of hydrogen-bond donors (Lipinski definition) is 1. The van der Waals surface area contributed by atoms with Crippen LogP contribution in [-0.2, 0) is 14.8 Å². The quantitative estimate of drug-likeness (QED) is 0.426. The van der Waals surface area contributed by atoms with E-state index in [-0.39, 0.29) is 11.7 Å². The Bertz CT molecular complexity index is 1290. The SMILES string of the molecule is Cc1ccc(N(CC(=O)N/N=C\c2ccc3c(c2)OCO3)S(=O)(=O)c2ccc(C)cc2)cc1. The van der Waals surface area contributed by atoms with Gasteiger partial charge < -0.3 is 9.47 Å². The van der Waals surface area contributed by atoms with Crippen molar-refractivity contribution in [1.29, 1.82) is 0 Å². The van der Waals surface area contributed by atoms with Crippen molar-refractivity contribution in [2.75, 3.05) is 17.6 Å². The van der Waals surface area contributed by atoms with Gasteiger partial charge >= 0.3 is 0 Å². The van der Waals surface area contributed by atoms with E-state index in [0.717, 1.165) is 15.4 Å². The van der Waals surface area contributed by atoms with Crippen LogP contribution in [0, 0.1) is 13.8 Å². The van der Waals surface area contributed by atoms with Gasteiger partial charge in [-0.3, -0.25) is 9.10 Å². The molecule has 3 aromatic carbocycles. The van der Waals surface area contributed by atoms with E-state index in [2.05, 4.69) is 10.5 Å². The zero-order chi connectivity index (χ0) is 23.4. The summed E-state index contributed by atoms with van der Waals surface area (Å²) in [5.41, 5.74) is 5.39. The maximum atomic E-state index is 13.3. The number of aryl methyl sites for hydroxylation is 2. The maximum Gasteiger partial charge on any atom is 0.264 e. The van der Waals surface area contributed by atoms with Gasteiger partial charge in [-0.2, -0.15) is 5.10 Å². The van der Waals surface area contributed by atoms with Crippen molar-refractivity contribution in [1.82, 2.24) is 5.43 Å². The molecule has 1 N–H and O–H groups in total. The lowest BCUT2D eigenvalue weighted by Gasteiger charge is -2.24. The van der Waals surface area contributed by atoms with Crippen molar-refractivity contribution >= 4 is 27.8 Å². The third kappa shape index (κ3) is 5.15. The van der Waals surface area contributed by atoms with E-state index in [4.69, 9.17) is 9.47 Å². The second-order valence-corrected chi connectivity index (χ2v) is 9.43. The first-order valence-corrected chi connectivity index (χ1v) is 11.6. The molecular weight excluding hydrogens is 442 g/mol. The number of amides is 1. The molecule has 3 aromatic rings. The summed E-state index contributed by atoms with van der Waals surface area (Å²) in [7, 11) is -3.97. The number of carbonyl (C=O) groups is 1. The molecule has 0 unspecified atom stereocenters. The highest BCUT2D eigenvalue weighted by molar-refractivity contribution is 7.92. The number of nitrogens with zero attached hydrogens (tertiary/aromatic N) is 2. The maximum absolute atomic E-state index is 13.3. The fraction of sp³-hybridized carbons (Fsp3) is 0.167. The van der Waals surface area contributed by atoms with Gasteiger partial charge in [-0.15, -0.1) is 0 Å². The second-order valence-electron chi connectivity index (χ2n) is 7.57. The van der Waals surface area contributed by atoms with Crippen LogP contribution in [0.1, 0.15) is 16.7 Å². The summed E-state index contributed by atoms with van der Waals surface area (Å²) in [5.74, 6) is 0.662. The molecule has 0 spiro atoms. The molecule has 8 nitrogen and oxygen atoms in total. The lowest BCUT2D eigenvalue weighted by atomic mass is 10.2. The molecule has 1 aliphatic heterocycles. The van der Waals surface area contributed by atoms with Gasteiger partial charge in [-0.1, -0.05) is 35.4 Å². The number of ether oxygens (including phenoxy) is 2. The Labute approximate surface area is 192 Å². The zero-order valence-corrected chi connectivity index (χ0v) is 19.0. The Morgan fingerprint density at radius 2 is 1.61 bits per heavy atom. The number of benzene rings is 3. The highest BCUT2D eigenvalue weighted by Gasteiger charge is 2.27. The number of carbonyl (C=O) groups excluding carboxylic acids is 1.